The van der Waals surface area contributed by atoms with Gasteiger partial charge in [-0.25, -0.2) is 9.48 Å². The van der Waals surface area contributed by atoms with E-state index < -0.39 is 0 Å². The van der Waals surface area contributed by atoms with Crippen LogP contribution < -0.4 is 10.6 Å². The highest BCUT2D eigenvalue weighted by Gasteiger charge is 2.05. The maximum Gasteiger partial charge on any atom is 0.323 e. The fourth-order valence-corrected chi connectivity index (χ4v) is 2.17. The molecule has 23 heavy (non-hydrogen) atoms. The molecule has 0 aliphatic heterocycles. The Morgan fingerprint density at radius 1 is 1.00 bits per heavy atom. The SMILES string of the molecule is Cc1cn(-c2ccc(NC(=O)Nc3ccccc3C)cc2)nn1. The van der Waals surface area contributed by atoms with Crippen molar-refractivity contribution in [2.45, 2.75) is 13.8 Å². The van der Waals surface area contributed by atoms with Crippen molar-refractivity contribution in [3.05, 3.63) is 66.0 Å². The Labute approximate surface area is 134 Å². The number of benzene rings is 2. The molecule has 1 aromatic heterocycles. The first-order valence-corrected chi connectivity index (χ1v) is 7.25. The molecule has 2 aromatic carbocycles. The smallest absolute Gasteiger partial charge is 0.308 e. The Morgan fingerprint density at radius 3 is 2.39 bits per heavy atom. The third-order valence-corrected chi connectivity index (χ3v) is 3.39. The third-order valence-electron chi connectivity index (χ3n) is 3.39. The minimum Gasteiger partial charge on any atom is -0.308 e. The van der Waals surface area contributed by atoms with Crippen molar-refractivity contribution in [2.24, 2.45) is 0 Å². The summed E-state index contributed by atoms with van der Waals surface area (Å²) < 4.78 is 1.69. The van der Waals surface area contributed by atoms with Crippen LogP contribution in [0.2, 0.25) is 0 Å². The minimum absolute atomic E-state index is 0.274. The van der Waals surface area contributed by atoms with E-state index in [1.54, 1.807) is 4.68 Å². The molecule has 3 aromatic rings. The number of nitrogens with one attached hydrogen (secondary N) is 2. The molecule has 116 valence electrons. The predicted molar refractivity (Wildman–Crippen MR) is 89.9 cm³/mol. The number of para-hydroxylation sites is 1. The van der Waals surface area contributed by atoms with Crippen LogP contribution >= 0.6 is 0 Å². The number of carbonyl (C=O) groups is 1. The van der Waals surface area contributed by atoms with Crippen LogP contribution in [0.15, 0.2) is 54.7 Å². The maximum absolute atomic E-state index is 12.0. The zero-order chi connectivity index (χ0) is 16.2. The second kappa shape index (κ2) is 6.31. The molecular formula is C17H17N5O. The number of carbonyl (C=O) groups excluding carboxylic acids is 1. The van der Waals surface area contributed by atoms with Crippen LogP contribution in [0, 0.1) is 13.8 Å². The molecule has 0 bridgehead atoms. The van der Waals surface area contributed by atoms with Gasteiger partial charge >= 0.3 is 6.03 Å². The van der Waals surface area contributed by atoms with Crippen LogP contribution in [0.5, 0.6) is 0 Å². The van der Waals surface area contributed by atoms with E-state index in [4.69, 9.17) is 0 Å². The summed E-state index contributed by atoms with van der Waals surface area (Å²) in [6.07, 6.45) is 1.84. The molecule has 0 saturated carbocycles. The first-order chi connectivity index (χ1) is 11.1. The van der Waals surface area contributed by atoms with E-state index in [9.17, 15) is 4.79 Å². The molecule has 6 heteroatoms. The molecule has 2 amide bonds. The molecule has 0 aliphatic rings. The lowest BCUT2D eigenvalue weighted by atomic mass is 10.2. The monoisotopic (exact) mass is 307 g/mol. The summed E-state index contributed by atoms with van der Waals surface area (Å²) in [7, 11) is 0. The van der Waals surface area contributed by atoms with Crippen LogP contribution in [-0.2, 0) is 0 Å². The van der Waals surface area contributed by atoms with Gasteiger partial charge in [0, 0.05) is 11.4 Å². The first kappa shape index (κ1) is 14.8. The van der Waals surface area contributed by atoms with Crippen LogP contribution in [0.4, 0.5) is 16.2 Å². The van der Waals surface area contributed by atoms with Gasteiger partial charge in [0.25, 0.3) is 0 Å². The second-order valence-electron chi connectivity index (χ2n) is 5.25. The number of aromatic nitrogens is 3. The van der Waals surface area contributed by atoms with Crippen LogP contribution in [0.1, 0.15) is 11.3 Å². The summed E-state index contributed by atoms with van der Waals surface area (Å²) >= 11 is 0. The molecule has 2 N–H and O–H groups in total. The Hall–Kier alpha value is -3.15. The molecule has 3 rings (SSSR count). The normalized spacial score (nSPS) is 10.3. The van der Waals surface area contributed by atoms with Gasteiger partial charge < -0.3 is 10.6 Å². The van der Waals surface area contributed by atoms with E-state index in [0.717, 1.165) is 22.6 Å². The fraction of sp³-hybridized carbons (Fsp3) is 0.118. The van der Waals surface area contributed by atoms with Gasteiger partial charge in [-0.15, -0.1) is 5.10 Å². The molecular weight excluding hydrogens is 290 g/mol. The Kier molecular flexibility index (Phi) is 4.05. The molecule has 0 aliphatic carbocycles. The number of urea groups is 1. The van der Waals surface area contributed by atoms with Crippen LogP contribution in [0.25, 0.3) is 5.69 Å². The Morgan fingerprint density at radius 2 is 1.74 bits per heavy atom. The van der Waals surface area contributed by atoms with Crippen LogP contribution in [-0.4, -0.2) is 21.0 Å². The molecule has 0 radical (unpaired) electrons. The molecule has 1 heterocycles. The highest BCUT2D eigenvalue weighted by molar-refractivity contribution is 6.00. The number of anilines is 2. The lowest BCUT2D eigenvalue weighted by molar-refractivity contribution is 0.262. The van der Waals surface area contributed by atoms with E-state index in [-0.39, 0.29) is 6.03 Å². The Bertz CT molecular complexity index is 823. The molecule has 0 atom stereocenters. The van der Waals surface area contributed by atoms with Gasteiger partial charge in [-0.2, -0.15) is 0 Å². The minimum atomic E-state index is -0.274. The summed E-state index contributed by atoms with van der Waals surface area (Å²) in [5, 5.41) is 13.6. The second-order valence-corrected chi connectivity index (χ2v) is 5.25. The molecule has 0 fully saturated rings. The van der Waals surface area contributed by atoms with Gasteiger partial charge in [-0.3, -0.25) is 0 Å². The van der Waals surface area contributed by atoms with Gasteiger partial charge in [0.05, 0.1) is 17.6 Å². The van der Waals surface area contributed by atoms with Crippen molar-refractivity contribution < 1.29 is 4.79 Å². The standard InChI is InChI=1S/C17H17N5O/c1-12-5-3-4-6-16(12)19-17(23)18-14-7-9-15(10-8-14)22-11-13(2)20-21-22/h3-11H,1-2H3,(H2,18,19,23). The van der Waals surface area contributed by atoms with Crippen molar-refractivity contribution in [1.82, 2.24) is 15.0 Å². The highest BCUT2D eigenvalue weighted by atomic mass is 16.2. The number of amides is 2. The van der Waals surface area contributed by atoms with Gasteiger partial charge in [-0.1, -0.05) is 23.4 Å². The summed E-state index contributed by atoms with van der Waals surface area (Å²) in [5.74, 6) is 0. The van der Waals surface area contributed by atoms with Gasteiger partial charge in [0.2, 0.25) is 0 Å². The Balaban J connectivity index is 1.66. The number of aryl methyl sites for hydroxylation is 2. The predicted octanol–water partition coefficient (Wildman–Crippen LogP) is 3.53. The fourth-order valence-electron chi connectivity index (χ4n) is 2.17. The number of nitrogens with zero attached hydrogens (tertiary/aromatic N) is 3. The third kappa shape index (κ3) is 3.55. The molecule has 0 spiro atoms. The van der Waals surface area contributed by atoms with Crippen LogP contribution in [0.3, 0.4) is 0 Å². The van der Waals surface area contributed by atoms with E-state index in [1.165, 1.54) is 0 Å². The zero-order valence-electron chi connectivity index (χ0n) is 12.9. The average Bonchev–Trinajstić information content (AvgIpc) is 2.97. The van der Waals surface area contributed by atoms with Crippen molar-refractivity contribution >= 4 is 17.4 Å². The summed E-state index contributed by atoms with van der Waals surface area (Å²) in [4.78, 5) is 12.0. The molecule has 6 nitrogen and oxygen atoms in total. The van der Waals surface area contributed by atoms with Gasteiger partial charge in [0.15, 0.2) is 0 Å². The zero-order valence-corrected chi connectivity index (χ0v) is 12.9. The van der Waals surface area contributed by atoms with E-state index in [2.05, 4.69) is 20.9 Å². The molecule has 0 unspecified atom stereocenters. The maximum atomic E-state index is 12.0. The summed E-state index contributed by atoms with van der Waals surface area (Å²) in [6, 6.07) is 14.8. The number of hydrogen-bond acceptors (Lipinski definition) is 3. The summed E-state index contributed by atoms with van der Waals surface area (Å²) in [6.45, 7) is 3.83. The quantitative estimate of drug-likeness (QED) is 0.777. The highest BCUT2D eigenvalue weighted by Crippen LogP contribution is 2.15. The van der Waals surface area contributed by atoms with E-state index >= 15 is 0 Å². The number of rotatable bonds is 3. The van der Waals surface area contributed by atoms with Crippen molar-refractivity contribution in [3.8, 4) is 5.69 Å². The topological polar surface area (TPSA) is 71.8 Å². The lowest BCUT2D eigenvalue weighted by Gasteiger charge is -2.10. The van der Waals surface area contributed by atoms with Crippen molar-refractivity contribution in [3.63, 3.8) is 0 Å². The van der Waals surface area contributed by atoms with Gasteiger partial charge in [0.1, 0.15) is 0 Å². The van der Waals surface area contributed by atoms with Crippen molar-refractivity contribution in [2.75, 3.05) is 10.6 Å². The number of hydrogen-bond donors (Lipinski definition) is 2. The average molecular weight is 307 g/mol. The van der Waals surface area contributed by atoms with Crippen molar-refractivity contribution in [1.29, 1.82) is 0 Å². The molecule has 0 saturated heterocycles. The lowest BCUT2D eigenvalue weighted by Crippen LogP contribution is -2.19. The van der Waals surface area contributed by atoms with E-state index in [0.29, 0.717) is 5.69 Å². The summed E-state index contributed by atoms with van der Waals surface area (Å²) in [5.41, 5.74) is 4.25. The first-order valence-electron chi connectivity index (χ1n) is 7.25. The van der Waals surface area contributed by atoms with Gasteiger partial charge in [-0.05, 0) is 49.7 Å². The van der Waals surface area contributed by atoms with E-state index in [1.807, 2.05) is 68.6 Å². The largest absolute Gasteiger partial charge is 0.323 e.